The molecular weight excluding hydrogens is 214 g/mol. The lowest BCUT2D eigenvalue weighted by atomic mass is 10.2. The zero-order chi connectivity index (χ0) is 12.3. The van der Waals surface area contributed by atoms with Gasteiger partial charge in [0.15, 0.2) is 0 Å². The van der Waals surface area contributed by atoms with Gasteiger partial charge in [-0.15, -0.1) is 0 Å². The van der Waals surface area contributed by atoms with Crippen LogP contribution in [0, 0.1) is 0 Å². The third kappa shape index (κ3) is 3.37. The number of anilines is 2. The summed E-state index contributed by atoms with van der Waals surface area (Å²) in [5, 5.41) is 2.99. The summed E-state index contributed by atoms with van der Waals surface area (Å²) in [6.07, 6.45) is 2.24. The van der Waals surface area contributed by atoms with Crippen LogP contribution >= 0.6 is 0 Å². The van der Waals surface area contributed by atoms with Gasteiger partial charge in [-0.2, -0.15) is 0 Å². The van der Waals surface area contributed by atoms with E-state index in [1.165, 1.54) is 0 Å². The molecule has 2 rings (SSSR count). The molecule has 92 valence electrons. The van der Waals surface area contributed by atoms with Gasteiger partial charge in [0, 0.05) is 24.0 Å². The van der Waals surface area contributed by atoms with Gasteiger partial charge in [-0.25, -0.2) is 0 Å². The van der Waals surface area contributed by atoms with E-state index in [0.717, 1.165) is 30.8 Å². The van der Waals surface area contributed by atoms with E-state index < -0.39 is 0 Å². The van der Waals surface area contributed by atoms with Gasteiger partial charge >= 0.3 is 0 Å². The van der Waals surface area contributed by atoms with Crippen LogP contribution in [0.5, 0.6) is 0 Å². The number of carbonyl (C=O) groups excluding carboxylic acids is 1. The Morgan fingerprint density at radius 1 is 1.53 bits per heavy atom. The zero-order valence-electron chi connectivity index (χ0n) is 10.1. The fourth-order valence-corrected chi connectivity index (χ4v) is 1.78. The van der Waals surface area contributed by atoms with E-state index in [1.807, 2.05) is 36.1 Å². The van der Waals surface area contributed by atoms with E-state index in [1.54, 1.807) is 0 Å². The average molecular weight is 233 g/mol. The Morgan fingerprint density at radius 3 is 2.88 bits per heavy atom. The molecule has 1 fully saturated rings. The molecule has 1 saturated carbocycles. The molecule has 0 unspecified atom stereocenters. The monoisotopic (exact) mass is 233 g/mol. The number of nitrogens with zero attached hydrogens (tertiary/aromatic N) is 1. The van der Waals surface area contributed by atoms with Crippen molar-refractivity contribution in [2.24, 2.45) is 0 Å². The first-order chi connectivity index (χ1) is 8.19. The maximum absolute atomic E-state index is 11.7. The van der Waals surface area contributed by atoms with E-state index in [2.05, 4.69) is 5.32 Å². The highest BCUT2D eigenvalue weighted by molar-refractivity contribution is 5.82. The summed E-state index contributed by atoms with van der Waals surface area (Å²) >= 11 is 0. The van der Waals surface area contributed by atoms with Gasteiger partial charge in [0.1, 0.15) is 0 Å². The first kappa shape index (κ1) is 11.8. The zero-order valence-corrected chi connectivity index (χ0v) is 10.1. The number of hydrogen-bond acceptors (Lipinski definition) is 3. The number of benzene rings is 1. The Labute approximate surface area is 102 Å². The van der Waals surface area contributed by atoms with Crippen LogP contribution in [0.3, 0.4) is 0 Å². The van der Waals surface area contributed by atoms with Crippen molar-refractivity contribution in [1.29, 1.82) is 0 Å². The second kappa shape index (κ2) is 5.08. The molecule has 4 heteroatoms. The topological polar surface area (TPSA) is 58.4 Å². The molecular formula is C13H19N3O. The predicted octanol–water partition coefficient (Wildman–Crippen LogP) is 1.37. The van der Waals surface area contributed by atoms with Crippen LogP contribution in [-0.2, 0) is 4.79 Å². The second-order valence-electron chi connectivity index (χ2n) is 4.45. The van der Waals surface area contributed by atoms with Gasteiger partial charge in [0.25, 0.3) is 0 Å². The van der Waals surface area contributed by atoms with Crippen LogP contribution in [0.2, 0.25) is 0 Å². The smallest absolute Gasteiger partial charge is 0.239 e. The summed E-state index contributed by atoms with van der Waals surface area (Å²) in [5.74, 6) is 0.0942. The van der Waals surface area contributed by atoms with Crippen LogP contribution in [0.15, 0.2) is 24.3 Å². The van der Waals surface area contributed by atoms with Crippen molar-refractivity contribution in [3.63, 3.8) is 0 Å². The van der Waals surface area contributed by atoms with Crippen molar-refractivity contribution in [3.8, 4) is 0 Å². The van der Waals surface area contributed by atoms with Crippen molar-refractivity contribution in [2.45, 2.75) is 25.8 Å². The van der Waals surface area contributed by atoms with Gasteiger partial charge < -0.3 is 16.0 Å². The van der Waals surface area contributed by atoms with Crippen LogP contribution in [0.1, 0.15) is 19.8 Å². The fraction of sp³-hybridized carbons (Fsp3) is 0.462. The first-order valence-electron chi connectivity index (χ1n) is 6.09. The fourth-order valence-electron chi connectivity index (χ4n) is 1.78. The standard InChI is InChI=1S/C13H19N3O/c1-2-16(9-13(17)15-11-6-7-11)12-5-3-4-10(14)8-12/h3-5,8,11H,2,6-7,9,14H2,1H3,(H,15,17). The Bertz CT molecular complexity index is 401. The predicted molar refractivity (Wildman–Crippen MR) is 69.9 cm³/mol. The molecule has 1 aliphatic rings. The van der Waals surface area contributed by atoms with Gasteiger partial charge in [-0.3, -0.25) is 4.79 Å². The molecule has 1 amide bonds. The number of nitrogens with one attached hydrogen (secondary N) is 1. The molecule has 0 aromatic heterocycles. The van der Waals surface area contributed by atoms with E-state index in [0.29, 0.717) is 12.6 Å². The summed E-state index contributed by atoms with van der Waals surface area (Å²) in [4.78, 5) is 13.8. The lowest BCUT2D eigenvalue weighted by Crippen LogP contribution is -2.38. The van der Waals surface area contributed by atoms with Crippen molar-refractivity contribution < 1.29 is 4.79 Å². The summed E-state index contributed by atoms with van der Waals surface area (Å²) in [6.45, 7) is 3.23. The minimum Gasteiger partial charge on any atom is -0.399 e. The molecule has 3 N–H and O–H groups in total. The van der Waals surface area contributed by atoms with E-state index >= 15 is 0 Å². The molecule has 1 aromatic carbocycles. The highest BCUT2D eigenvalue weighted by Gasteiger charge is 2.23. The highest BCUT2D eigenvalue weighted by Crippen LogP contribution is 2.19. The summed E-state index contributed by atoms with van der Waals surface area (Å²) < 4.78 is 0. The Kier molecular flexibility index (Phi) is 3.52. The molecule has 0 atom stereocenters. The summed E-state index contributed by atoms with van der Waals surface area (Å²) in [5.41, 5.74) is 7.47. The molecule has 0 bridgehead atoms. The molecule has 4 nitrogen and oxygen atoms in total. The molecule has 0 spiro atoms. The van der Waals surface area contributed by atoms with Crippen LogP contribution in [-0.4, -0.2) is 25.0 Å². The summed E-state index contributed by atoms with van der Waals surface area (Å²) in [7, 11) is 0. The molecule has 0 aliphatic heterocycles. The van der Waals surface area contributed by atoms with Crippen LogP contribution in [0.25, 0.3) is 0 Å². The third-order valence-electron chi connectivity index (χ3n) is 2.89. The number of hydrogen-bond donors (Lipinski definition) is 2. The number of nitrogens with two attached hydrogens (primary N) is 1. The van der Waals surface area contributed by atoms with Crippen molar-refractivity contribution >= 4 is 17.3 Å². The maximum Gasteiger partial charge on any atom is 0.239 e. The van der Waals surface area contributed by atoms with Crippen molar-refractivity contribution in [1.82, 2.24) is 5.32 Å². The molecule has 1 aliphatic carbocycles. The number of likely N-dealkylation sites (N-methyl/N-ethyl adjacent to an activating group) is 1. The van der Waals surface area contributed by atoms with E-state index in [-0.39, 0.29) is 5.91 Å². The maximum atomic E-state index is 11.7. The molecule has 0 saturated heterocycles. The SMILES string of the molecule is CCN(CC(=O)NC1CC1)c1cccc(N)c1. The first-order valence-corrected chi connectivity index (χ1v) is 6.09. The molecule has 0 heterocycles. The minimum absolute atomic E-state index is 0.0942. The van der Waals surface area contributed by atoms with Crippen LogP contribution in [0.4, 0.5) is 11.4 Å². The largest absolute Gasteiger partial charge is 0.399 e. The van der Waals surface area contributed by atoms with Gasteiger partial charge in [0.2, 0.25) is 5.91 Å². The number of nitrogen functional groups attached to an aromatic ring is 1. The lowest BCUT2D eigenvalue weighted by molar-refractivity contribution is -0.119. The van der Waals surface area contributed by atoms with E-state index in [9.17, 15) is 4.79 Å². The summed E-state index contributed by atoms with van der Waals surface area (Å²) in [6, 6.07) is 8.05. The normalized spacial score (nSPS) is 14.4. The van der Waals surface area contributed by atoms with Gasteiger partial charge in [-0.1, -0.05) is 6.07 Å². The van der Waals surface area contributed by atoms with E-state index in [4.69, 9.17) is 5.73 Å². The molecule has 17 heavy (non-hydrogen) atoms. The molecule has 1 aromatic rings. The highest BCUT2D eigenvalue weighted by atomic mass is 16.2. The quantitative estimate of drug-likeness (QED) is 0.755. The van der Waals surface area contributed by atoms with Gasteiger partial charge in [-0.05, 0) is 38.0 Å². The number of rotatable bonds is 5. The third-order valence-corrected chi connectivity index (χ3v) is 2.89. The average Bonchev–Trinajstić information content (AvgIpc) is 3.09. The Hall–Kier alpha value is -1.71. The minimum atomic E-state index is 0.0942. The van der Waals surface area contributed by atoms with Crippen LogP contribution < -0.4 is 16.0 Å². The van der Waals surface area contributed by atoms with Crippen molar-refractivity contribution in [3.05, 3.63) is 24.3 Å². The lowest BCUT2D eigenvalue weighted by Gasteiger charge is -2.22. The number of amides is 1. The Morgan fingerprint density at radius 2 is 2.29 bits per heavy atom. The molecule has 0 radical (unpaired) electrons. The van der Waals surface area contributed by atoms with Gasteiger partial charge in [0.05, 0.1) is 6.54 Å². The van der Waals surface area contributed by atoms with Crippen molar-refractivity contribution in [2.75, 3.05) is 23.7 Å². The number of carbonyl (C=O) groups is 1. The second-order valence-corrected chi connectivity index (χ2v) is 4.45. The Balaban J connectivity index is 1.97.